The lowest BCUT2D eigenvalue weighted by molar-refractivity contribution is 0.894. The molecule has 106 valence electrons. The molecular weight excluding hydrogens is 278 g/mol. The number of nitrogens with two attached hydrogens (primary N) is 1. The van der Waals surface area contributed by atoms with Gasteiger partial charge >= 0.3 is 0 Å². The topological polar surface area (TPSA) is 42.1 Å². The predicted octanol–water partition coefficient (Wildman–Crippen LogP) is 2.90. The van der Waals surface area contributed by atoms with Crippen LogP contribution in [0.1, 0.15) is 28.8 Å². The Bertz CT molecular complexity index is 739. The number of rotatable bonds is 2. The molecule has 1 aliphatic carbocycles. The zero-order valence-electron chi connectivity index (χ0n) is 11.8. The van der Waals surface area contributed by atoms with E-state index in [2.05, 4.69) is 35.2 Å². The van der Waals surface area contributed by atoms with E-state index in [-0.39, 0.29) is 0 Å². The molecule has 0 spiro atoms. The second kappa shape index (κ2) is 4.81. The molecular formula is C17H17N3S. The van der Waals surface area contributed by atoms with Crippen LogP contribution in [0.3, 0.4) is 0 Å². The fraction of sp³-hybridized carbons (Fsp3) is 0.294. The van der Waals surface area contributed by atoms with Crippen LogP contribution in [-0.4, -0.2) is 16.5 Å². The summed E-state index contributed by atoms with van der Waals surface area (Å²) in [6, 6.07) is 10.7. The molecule has 2 N–H and O–H groups in total. The maximum atomic E-state index is 5.96. The van der Waals surface area contributed by atoms with Crippen molar-refractivity contribution in [1.29, 1.82) is 0 Å². The largest absolute Gasteiger partial charge is 0.389 e. The Hall–Kier alpha value is -1.94. The molecule has 2 aliphatic rings. The number of para-hydroxylation sites is 1. The van der Waals surface area contributed by atoms with Crippen LogP contribution in [0, 0.1) is 0 Å². The van der Waals surface area contributed by atoms with Gasteiger partial charge in [0.15, 0.2) is 0 Å². The highest BCUT2D eigenvalue weighted by Crippen LogP contribution is 2.36. The highest BCUT2D eigenvalue weighted by molar-refractivity contribution is 7.80. The third kappa shape index (κ3) is 2.02. The maximum absolute atomic E-state index is 5.96. The minimum Gasteiger partial charge on any atom is -0.389 e. The Kier molecular flexibility index (Phi) is 2.93. The molecule has 21 heavy (non-hydrogen) atoms. The van der Waals surface area contributed by atoms with Crippen LogP contribution >= 0.6 is 12.2 Å². The number of benzene rings is 1. The molecule has 1 aromatic heterocycles. The second-order valence-corrected chi connectivity index (χ2v) is 6.15. The number of pyridine rings is 1. The summed E-state index contributed by atoms with van der Waals surface area (Å²) in [6.07, 6.45) is 4.38. The number of aryl methyl sites for hydroxylation is 2. The SMILES string of the molecule is NC(=S)c1cc2c(nc1N1CCc3ccccc31)CCC2. The van der Waals surface area contributed by atoms with Gasteiger partial charge in [0, 0.05) is 17.9 Å². The molecule has 2 heterocycles. The Labute approximate surface area is 129 Å². The Morgan fingerprint density at radius 1 is 1.14 bits per heavy atom. The standard InChI is InChI=1S/C17H17N3S/c18-16(21)13-10-12-5-3-6-14(12)19-17(13)20-9-8-11-4-1-2-7-15(11)20/h1-2,4,7,10H,3,5-6,8-9H2,(H2,18,21). The monoisotopic (exact) mass is 295 g/mol. The highest BCUT2D eigenvalue weighted by Gasteiger charge is 2.26. The number of thiocarbonyl (C=S) groups is 1. The molecule has 3 nitrogen and oxygen atoms in total. The van der Waals surface area contributed by atoms with Crippen molar-refractivity contribution in [1.82, 2.24) is 4.98 Å². The molecule has 2 aromatic rings. The summed E-state index contributed by atoms with van der Waals surface area (Å²) in [6.45, 7) is 0.945. The quantitative estimate of drug-likeness (QED) is 0.865. The van der Waals surface area contributed by atoms with Gasteiger partial charge in [-0.3, -0.25) is 0 Å². The van der Waals surface area contributed by atoms with Gasteiger partial charge in [0.25, 0.3) is 0 Å². The second-order valence-electron chi connectivity index (χ2n) is 5.71. The lowest BCUT2D eigenvalue weighted by Crippen LogP contribution is -2.22. The van der Waals surface area contributed by atoms with E-state index in [4.69, 9.17) is 22.9 Å². The number of aromatic nitrogens is 1. The Morgan fingerprint density at radius 2 is 2.00 bits per heavy atom. The highest BCUT2D eigenvalue weighted by atomic mass is 32.1. The van der Waals surface area contributed by atoms with Crippen molar-refractivity contribution in [3.05, 3.63) is 52.7 Å². The van der Waals surface area contributed by atoms with Gasteiger partial charge in [-0.2, -0.15) is 0 Å². The molecule has 0 saturated carbocycles. The van der Waals surface area contributed by atoms with Crippen molar-refractivity contribution in [3.63, 3.8) is 0 Å². The number of nitrogens with zero attached hydrogens (tertiary/aromatic N) is 2. The van der Waals surface area contributed by atoms with E-state index < -0.39 is 0 Å². The Morgan fingerprint density at radius 3 is 2.86 bits per heavy atom. The number of hydrogen-bond donors (Lipinski definition) is 1. The number of anilines is 2. The van der Waals surface area contributed by atoms with Crippen LogP contribution < -0.4 is 10.6 Å². The summed E-state index contributed by atoms with van der Waals surface area (Å²) in [7, 11) is 0. The molecule has 0 amide bonds. The minimum atomic E-state index is 0.441. The normalized spacial score (nSPS) is 15.9. The van der Waals surface area contributed by atoms with Crippen molar-refractivity contribution in [2.24, 2.45) is 5.73 Å². The van der Waals surface area contributed by atoms with Crippen LogP contribution in [0.2, 0.25) is 0 Å². The molecule has 1 aliphatic heterocycles. The molecule has 0 radical (unpaired) electrons. The van der Waals surface area contributed by atoms with Crippen LogP contribution in [-0.2, 0) is 19.3 Å². The van der Waals surface area contributed by atoms with Crippen LogP contribution in [0.25, 0.3) is 0 Å². The summed E-state index contributed by atoms with van der Waals surface area (Å²) in [5.74, 6) is 0.938. The molecule has 0 atom stereocenters. The lowest BCUT2D eigenvalue weighted by atomic mass is 10.1. The average molecular weight is 295 g/mol. The third-order valence-corrected chi connectivity index (χ3v) is 4.66. The van der Waals surface area contributed by atoms with Crippen molar-refractivity contribution < 1.29 is 0 Å². The summed E-state index contributed by atoms with van der Waals surface area (Å²) in [4.78, 5) is 7.62. The van der Waals surface area contributed by atoms with E-state index in [1.54, 1.807) is 0 Å². The van der Waals surface area contributed by atoms with Crippen molar-refractivity contribution in [2.75, 3.05) is 11.4 Å². The van der Waals surface area contributed by atoms with Gasteiger partial charge in [-0.05, 0) is 48.9 Å². The first-order valence-corrected chi connectivity index (χ1v) is 7.83. The molecule has 0 bridgehead atoms. The fourth-order valence-electron chi connectivity index (χ4n) is 3.41. The molecule has 4 heteroatoms. The van der Waals surface area contributed by atoms with Gasteiger partial charge in [0.2, 0.25) is 0 Å². The third-order valence-electron chi connectivity index (χ3n) is 4.44. The van der Waals surface area contributed by atoms with Crippen LogP contribution in [0.5, 0.6) is 0 Å². The van der Waals surface area contributed by atoms with Crippen LogP contribution in [0.4, 0.5) is 11.5 Å². The van der Waals surface area contributed by atoms with E-state index >= 15 is 0 Å². The average Bonchev–Trinajstić information content (AvgIpc) is 3.11. The molecule has 1 aromatic carbocycles. The summed E-state index contributed by atoms with van der Waals surface area (Å²) in [5.41, 5.74) is 12.0. The molecule has 4 rings (SSSR count). The van der Waals surface area contributed by atoms with Gasteiger partial charge in [-0.15, -0.1) is 0 Å². The van der Waals surface area contributed by atoms with Gasteiger partial charge < -0.3 is 10.6 Å². The Balaban J connectivity index is 1.87. The van der Waals surface area contributed by atoms with Gasteiger partial charge in [-0.1, -0.05) is 30.4 Å². The van der Waals surface area contributed by atoms with Gasteiger partial charge in [0.05, 0.1) is 5.56 Å². The molecule has 0 saturated heterocycles. The van der Waals surface area contributed by atoms with E-state index in [0.717, 1.165) is 37.2 Å². The molecule has 0 unspecified atom stereocenters. The maximum Gasteiger partial charge on any atom is 0.143 e. The molecule has 0 fully saturated rings. The van der Waals surface area contributed by atoms with Crippen molar-refractivity contribution in [3.8, 4) is 0 Å². The zero-order chi connectivity index (χ0) is 14.4. The number of hydrogen-bond acceptors (Lipinski definition) is 3. The van der Waals surface area contributed by atoms with E-state index in [9.17, 15) is 0 Å². The fourth-order valence-corrected chi connectivity index (χ4v) is 3.56. The van der Waals surface area contributed by atoms with Gasteiger partial charge in [-0.25, -0.2) is 4.98 Å². The van der Waals surface area contributed by atoms with E-state index in [1.165, 1.54) is 28.9 Å². The first-order chi connectivity index (χ1) is 10.2. The van der Waals surface area contributed by atoms with Crippen molar-refractivity contribution in [2.45, 2.75) is 25.7 Å². The van der Waals surface area contributed by atoms with E-state index in [1.807, 2.05) is 0 Å². The van der Waals surface area contributed by atoms with Gasteiger partial charge in [0.1, 0.15) is 10.8 Å². The zero-order valence-corrected chi connectivity index (χ0v) is 12.6. The van der Waals surface area contributed by atoms with Crippen LogP contribution in [0.15, 0.2) is 30.3 Å². The summed E-state index contributed by atoms with van der Waals surface area (Å²) >= 11 is 5.27. The summed E-state index contributed by atoms with van der Waals surface area (Å²) in [5, 5.41) is 0. The lowest BCUT2D eigenvalue weighted by Gasteiger charge is -2.22. The minimum absolute atomic E-state index is 0.441. The first-order valence-electron chi connectivity index (χ1n) is 7.42. The van der Waals surface area contributed by atoms with E-state index in [0.29, 0.717) is 4.99 Å². The first kappa shape index (κ1) is 12.8. The predicted molar refractivity (Wildman–Crippen MR) is 89.3 cm³/mol. The smallest absolute Gasteiger partial charge is 0.143 e. The number of fused-ring (bicyclic) bond motifs is 2. The summed E-state index contributed by atoms with van der Waals surface area (Å²) < 4.78 is 0. The van der Waals surface area contributed by atoms with Crippen molar-refractivity contribution >= 4 is 28.7 Å².